The van der Waals surface area contributed by atoms with Gasteiger partial charge >= 0.3 is 0 Å². The number of hydrogen-bond donors (Lipinski definition) is 8. The lowest BCUT2D eigenvalue weighted by Gasteiger charge is -2.25. The topological polar surface area (TPSA) is 103 Å². The van der Waals surface area contributed by atoms with E-state index in [0.717, 1.165) is 138 Å². The molecule has 0 fully saturated rings. The lowest BCUT2D eigenvalue weighted by atomic mass is 10.1. The van der Waals surface area contributed by atoms with Crippen LogP contribution in [0, 0.1) is 0 Å². The molecule has 0 bridgehead atoms. The molecule has 8 N–H and O–H groups in total. The Hall–Kier alpha value is -1.32. The van der Waals surface area contributed by atoms with Crippen LogP contribution in [0.4, 0.5) is 0 Å². The van der Waals surface area contributed by atoms with Crippen LogP contribution < -0.4 is 42.5 Å². The van der Waals surface area contributed by atoms with Crippen molar-refractivity contribution in [1.29, 1.82) is 0 Å². The lowest BCUT2D eigenvalue weighted by Crippen LogP contribution is -2.39. The zero-order chi connectivity index (χ0) is 48.2. The van der Waals surface area contributed by atoms with E-state index in [1.54, 1.807) is 0 Å². The molecular formula is C52H108N10S4. The summed E-state index contributed by atoms with van der Waals surface area (Å²) in [5, 5.41) is 30.8. The van der Waals surface area contributed by atoms with Crippen LogP contribution in [0.1, 0.15) is 220 Å². The molecule has 0 radical (unpaired) electrons. The van der Waals surface area contributed by atoms with Crippen LogP contribution in [-0.4, -0.2) is 122 Å². The fourth-order valence-electron chi connectivity index (χ4n) is 8.04. The molecule has 390 valence electrons. The van der Waals surface area contributed by atoms with Gasteiger partial charge in [-0.1, -0.05) is 156 Å². The second-order valence-corrected chi connectivity index (χ2v) is 20.2. The molecular weight excluding hydrogens is 893 g/mol. The lowest BCUT2D eigenvalue weighted by molar-refractivity contribution is 0.235. The summed E-state index contributed by atoms with van der Waals surface area (Å²) >= 11 is 22.5. The fraction of sp³-hybridized carbons (Fsp3) is 0.923. The molecule has 0 aromatic carbocycles. The predicted molar refractivity (Wildman–Crippen MR) is 308 cm³/mol. The van der Waals surface area contributed by atoms with Crippen molar-refractivity contribution < 1.29 is 0 Å². The summed E-state index contributed by atoms with van der Waals surface area (Å²) in [6.07, 6.45) is 37.8. The molecule has 66 heavy (non-hydrogen) atoms. The highest BCUT2D eigenvalue weighted by molar-refractivity contribution is 7.80. The van der Waals surface area contributed by atoms with E-state index in [9.17, 15) is 0 Å². The maximum absolute atomic E-state index is 5.61. The third kappa shape index (κ3) is 49.1. The number of unbranched alkanes of at least 4 members (excludes halogenated alkanes) is 21. The molecule has 0 amide bonds. The van der Waals surface area contributed by atoms with Gasteiger partial charge in [-0.25, -0.2) is 0 Å². The number of nitrogens with one attached hydrogen (secondary N) is 8. The van der Waals surface area contributed by atoms with E-state index in [2.05, 4.69) is 80.0 Å². The Labute approximate surface area is 431 Å². The molecule has 0 aromatic heterocycles. The summed E-state index contributed by atoms with van der Waals surface area (Å²) in [7, 11) is 0. The first-order valence-electron chi connectivity index (χ1n) is 27.9. The van der Waals surface area contributed by atoms with Crippen molar-refractivity contribution in [3.05, 3.63) is 0 Å². The summed E-state index contributed by atoms with van der Waals surface area (Å²) in [5.41, 5.74) is 0. The summed E-state index contributed by atoms with van der Waals surface area (Å²) in [4.78, 5) is 5.30. The SMILES string of the molecule is CCCCCCCCNC(=S)NCCCN(CCCCN(CCCNC(=S)NCCCCCCCC)CCCNC(=S)NCCCCCCCC)CCCNC(=S)NCCCCCCCC. The minimum atomic E-state index is 0.796. The smallest absolute Gasteiger partial charge is 0.166 e. The Kier molecular flexibility index (Phi) is 52.0. The normalized spacial score (nSPS) is 11.2. The number of thiocarbonyl (C=S) groups is 4. The number of hydrogen-bond acceptors (Lipinski definition) is 6. The molecule has 0 atom stereocenters. The summed E-state index contributed by atoms with van der Waals surface area (Å²) < 4.78 is 0. The van der Waals surface area contributed by atoms with Gasteiger partial charge in [-0.15, -0.1) is 0 Å². The van der Waals surface area contributed by atoms with Gasteiger partial charge in [-0.2, -0.15) is 0 Å². The third-order valence-corrected chi connectivity index (χ3v) is 13.4. The summed E-state index contributed by atoms with van der Waals surface area (Å²) in [6.45, 7) is 23.0. The highest BCUT2D eigenvalue weighted by Gasteiger charge is 2.10. The molecule has 14 heteroatoms. The largest absolute Gasteiger partial charge is 0.363 e. The van der Waals surface area contributed by atoms with Crippen LogP contribution in [0.15, 0.2) is 0 Å². The monoisotopic (exact) mass is 1000 g/mol. The van der Waals surface area contributed by atoms with Crippen molar-refractivity contribution >= 4 is 69.3 Å². The molecule has 0 saturated heterocycles. The Bertz CT molecular complexity index is 930. The maximum atomic E-state index is 5.61. The minimum Gasteiger partial charge on any atom is -0.363 e. The van der Waals surface area contributed by atoms with Gasteiger partial charge in [-0.3, -0.25) is 0 Å². The van der Waals surface area contributed by atoms with Gasteiger partial charge in [0.05, 0.1) is 0 Å². The highest BCUT2D eigenvalue weighted by Crippen LogP contribution is 2.08. The average molecular weight is 1000 g/mol. The van der Waals surface area contributed by atoms with Crippen molar-refractivity contribution in [3.63, 3.8) is 0 Å². The van der Waals surface area contributed by atoms with Crippen LogP contribution >= 0.6 is 48.9 Å². The molecule has 0 aliphatic carbocycles. The van der Waals surface area contributed by atoms with Gasteiger partial charge in [0.15, 0.2) is 20.4 Å². The molecule has 0 spiro atoms. The molecule has 0 unspecified atom stereocenters. The zero-order valence-electron chi connectivity index (χ0n) is 43.6. The van der Waals surface area contributed by atoms with E-state index >= 15 is 0 Å². The third-order valence-electron chi connectivity index (χ3n) is 12.2. The van der Waals surface area contributed by atoms with Gasteiger partial charge in [0, 0.05) is 52.4 Å². The Morgan fingerprint density at radius 3 is 0.606 bits per heavy atom. The highest BCUT2D eigenvalue weighted by atomic mass is 32.1. The van der Waals surface area contributed by atoms with Gasteiger partial charge < -0.3 is 52.3 Å². The summed E-state index contributed by atoms with van der Waals surface area (Å²) in [5.74, 6) is 0. The minimum absolute atomic E-state index is 0.796. The van der Waals surface area contributed by atoms with Crippen LogP contribution in [0.3, 0.4) is 0 Å². The molecule has 0 rings (SSSR count). The Morgan fingerprint density at radius 2 is 0.394 bits per heavy atom. The van der Waals surface area contributed by atoms with Gasteiger partial charge in [0.25, 0.3) is 0 Å². The van der Waals surface area contributed by atoms with Gasteiger partial charge in [0.1, 0.15) is 0 Å². The van der Waals surface area contributed by atoms with Crippen LogP contribution in [0.5, 0.6) is 0 Å². The first kappa shape index (κ1) is 64.7. The van der Waals surface area contributed by atoms with Crippen LogP contribution in [-0.2, 0) is 0 Å². The second kappa shape index (κ2) is 53.0. The molecule has 0 saturated carbocycles. The first-order valence-corrected chi connectivity index (χ1v) is 29.5. The zero-order valence-corrected chi connectivity index (χ0v) is 46.9. The molecule has 0 aromatic rings. The molecule has 0 aliphatic heterocycles. The first-order chi connectivity index (χ1) is 32.4. The van der Waals surface area contributed by atoms with Gasteiger partial charge in [0.2, 0.25) is 0 Å². The predicted octanol–water partition coefficient (Wildman–Crippen LogP) is 11.2. The molecule has 0 aliphatic rings. The number of rotatable bonds is 49. The van der Waals surface area contributed by atoms with E-state index < -0.39 is 0 Å². The van der Waals surface area contributed by atoms with Crippen molar-refractivity contribution in [2.45, 2.75) is 220 Å². The Morgan fingerprint density at radius 1 is 0.227 bits per heavy atom. The fourth-order valence-corrected chi connectivity index (χ4v) is 8.86. The van der Waals surface area contributed by atoms with E-state index in [0.29, 0.717) is 0 Å². The standard InChI is InChI=1S/C52H108N10S4/c1-5-9-13-17-21-25-35-53-49(63)57-39-31-45-61(46-32-40-58-50(64)54-36-26-22-18-14-10-6-2)43-29-30-44-62(47-33-41-59-51(65)55-37-27-23-19-15-11-7-3)48-34-42-60-52(66)56-38-28-24-20-16-12-8-4/h5-48H2,1-4H3,(H2,53,57,63)(H2,54,58,64)(H2,55,59,65)(H2,56,60,66). The number of nitrogens with zero attached hydrogens (tertiary/aromatic N) is 2. The molecule has 0 heterocycles. The van der Waals surface area contributed by atoms with Crippen molar-refractivity contribution in [3.8, 4) is 0 Å². The van der Waals surface area contributed by atoms with E-state index in [4.69, 9.17) is 48.9 Å². The average Bonchev–Trinajstić information content (AvgIpc) is 3.31. The quantitative estimate of drug-likeness (QED) is 0.0219. The second-order valence-electron chi connectivity index (χ2n) is 18.6. The van der Waals surface area contributed by atoms with Crippen molar-refractivity contribution in [2.75, 3.05) is 91.6 Å². The summed E-state index contributed by atoms with van der Waals surface area (Å²) in [6, 6.07) is 0. The Balaban J connectivity index is 5.00. The molecule has 10 nitrogen and oxygen atoms in total. The van der Waals surface area contributed by atoms with E-state index in [-0.39, 0.29) is 0 Å². The maximum Gasteiger partial charge on any atom is 0.166 e. The van der Waals surface area contributed by atoms with Crippen molar-refractivity contribution in [2.24, 2.45) is 0 Å². The van der Waals surface area contributed by atoms with Gasteiger partial charge in [-0.05, 0) is 152 Å². The van der Waals surface area contributed by atoms with Crippen molar-refractivity contribution in [1.82, 2.24) is 52.3 Å². The van der Waals surface area contributed by atoms with E-state index in [1.165, 1.54) is 167 Å². The van der Waals surface area contributed by atoms with Crippen LogP contribution in [0.25, 0.3) is 0 Å². The van der Waals surface area contributed by atoms with Crippen LogP contribution in [0.2, 0.25) is 0 Å². The van der Waals surface area contributed by atoms with E-state index in [1.807, 2.05) is 0 Å².